The number of halogens is 1. The minimum absolute atomic E-state index is 0.512. The first-order valence-electron chi connectivity index (χ1n) is 4.67. The van der Waals surface area contributed by atoms with Gasteiger partial charge in [-0.1, -0.05) is 18.2 Å². The molecule has 0 saturated heterocycles. The molecule has 1 aromatic heterocycles. The van der Waals surface area contributed by atoms with Crippen molar-refractivity contribution in [3.05, 3.63) is 52.6 Å². The van der Waals surface area contributed by atoms with Crippen molar-refractivity contribution in [2.24, 2.45) is 0 Å². The van der Waals surface area contributed by atoms with Crippen LogP contribution >= 0.6 is 15.9 Å². The second kappa shape index (κ2) is 4.77. The van der Waals surface area contributed by atoms with Gasteiger partial charge in [-0.2, -0.15) is 5.26 Å². The van der Waals surface area contributed by atoms with Gasteiger partial charge in [-0.3, -0.25) is 0 Å². The van der Waals surface area contributed by atoms with Crippen molar-refractivity contribution in [1.29, 1.82) is 5.26 Å². The zero-order valence-corrected chi connectivity index (χ0v) is 9.90. The van der Waals surface area contributed by atoms with Crippen LogP contribution in [0, 0.1) is 11.3 Å². The van der Waals surface area contributed by atoms with Gasteiger partial charge in [0.05, 0.1) is 5.56 Å². The number of hydrogen-bond donors (Lipinski definition) is 1. The summed E-state index contributed by atoms with van der Waals surface area (Å²) in [7, 11) is 0. The Labute approximate surface area is 102 Å². The van der Waals surface area contributed by atoms with Crippen LogP contribution in [-0.4, -0.2) is 4.98 Å². The topological polar surface area (TPSA) is 48.7 Å². The normalized spacial score (nSPS) is 9.50. The van der Waals surface area contributed by atoms with Crippen molar-refractivity contribution >= 4 is 27.4 Å². The van der Waals surface area contributed by atoms with E-state index in [0.29, 0.717) is 11.4 Å². The Morgan fingerprint density at radius 2 is 2.00 bits per heavy atom. The molecular weight excluding hydrogens is 266 g/mol. The van der Waals surface area contributed by atoms with E-state index in [4.69, 9.17) is 5.26 Å². The van der Waals surface area contributed by atoms with Crippen molar-refractivity contribution in [3.63, 3.8) is 0 Å². The number of rotatable bonds is 2. The Morgan fingerprint density at radius 1 is 1.25 bits per heavy atom. The van der Waals surface area contributed by atoms with Crippen molar-refractivity contribution < 1.29 is 0 Å². The molecule has 0 aliphatic carbocycles. The predicted octanol–water partition coefficient (Wildman–Crippen LogP) is 3.46. The van der Waals surface area contributed by atoms with Gasteiger partial charge in [-0.25, -0.2) is 4.98 Å². The van der Waals surface area contributed by atoms with Crippen molar-refractivity contribution in [1.82, 2.24) is 4.98 Å². The molecule has 1 heterocycles. The molecule has 0 amide bonds. The molecule has 0 radical (unpaired) electrons. The van der Waals surface area contributed by atoms with E-state index >= 15 is 0 Å². The van der Waals surface area contributed by atoms with E-state index in [1.54, 1.807) is 12.3 Å². The van der Waals surface area contributed by atoms with E-state index in [2.05, 4.69) is 32.3 Å². The first kappa shape index (κ1) is 10.7. The van der Waals surface area contributed by atoms with Crippen LogP contribution in [-0.2, 0) is 0 Å². The molecule has 3 nitrogen and oxygen atoms in total. The van der Waals surface area contributed by atoms with Crippen molar-refractivity contribution in [2.75, 3.05) is 5.32 Å². The number of benzene rings is 1. The monoisotopic (exact) mass is 273 g/mol. The quantitative estimate of drug-likeness (QED) is 0.912. The molecule has 4 heteroatoms. The summed E-state index contributed by atoms with van der Waals surface area (Å²) in [5, 5.41) is 12.1. The van der Waals surface area contributed by atoms with Crippen LogP contribution in [0.15, 0.2) is 47.1 Å². The van der Waals surface area contributed by atoms with E-state index in [0.717, 1.165) is 10.2 Å². The fourth-order valence-electron chi connectivity index (χ4n) is 1.28. The largest absolute Gasteiger partial charge is 0.339 e. The second-order valence-corrected chi connectivity index (χ2v) is 4.07. The molecule has 0 unspecified atom stereocenters. The predicted molar refractivity (Wildman–Crippen MR) is 66.4 cm³/mol. The molecule has 0 aliphatic rings. The van der Waals surface area contributed by atoms with Gasteiger partial charge in [0.1, 0.15) is 11.9 Å². The number of para-hydroxylation sites is 1. The van der Waals surface area contributed by atoms with Crippen LogP contribution in [0.5, 0.6) is 0 Å². The van der Waals surface area contributed by atoms with Gasteiger partial charge >= 0.3 is 0 Å². The van der Waals surface area contributed by atoms with Crippen LogP contribution in [0.3, 0.4) is 0 Å². The number of pyridine rings is 1. The summed E-state index contributed by atoms with van der Waals surface area (Å²) in [6.45, 7) is 0. The lowest BCUT2D eigenvalue weighted by atomic mass is 10.2. The van der Waals surface area contributed by atoms with E-state index in [9.17, 15) is 0 Å². The maximum absolute atomic E-state index is 8.97. The fourth-order valence-corrected chi connectivity index (χ4v) is 1.61. The lowest BCUT2D eigenvalue weighted by Gasteiger charge is -2.06. The summed E-state index contributed by atoms with van der Waals surface area (Å²) in [6.07, 6.45) is 1.66. The molecule has 0 saturated carbocycles. The number of hydrogen-bond acceptors (Lipinski definition) is 3. The van der Waals surface area contributed by atoms with Crippen LogP contribution in [0.4, 0.5) is 11.5 Å². The molecule has 0 spiro atoms. The first-order valence-corrected chi connectivity index (χ1v) is 5.46. The number of nitrogens with one attached hydrogen (secondary N) is 1. The van der Waals surface area contributed by atoms with E-state index in [-0.39, 0.29) is 0 Å². The molecule has 78 valence electrons. The highest BCUT2D eigenvalue weighted by Gasteiger charge is 2.04. The number of aromatic nitrogens is 1. The third-order valence-electron chi connectivity index (χ3n) is 2.01. The molecular formula is C12H8BrN3. The van der Waals surface area contributed by atoms with Crippen molar-refractivity contribution in [2.45, 2.75) is 0 Å². The lowest BCUT2D eigenvalue weighted by Crippen LogP contribution is -1.96. The van der Waals surface area contributed by atoms with Crippen molar-refractivity contribution in [3.8, 4) is 6.07 Å². The third kappa shape index (κ3) is 2.38. The average molecular weight is 274 g/mol. The highest BCUT2D eigenvalue weighted by molar-refractivity contribution is 9.10. The molecule has 1 aromatic carbocycles. The summed E-state index contributed by atoms with van der Waals surface area (Å²) in [6, 6.07) is 13.5. The molecule has 2 rings (SSSR count). The smallest absolute Gasteiger partial charge is 0.148 e. The Balaban J connectivity index is 2.32. The molecule has 0 fully saturated rings. The fraction of sp³-hybridized carbons (Fsp3) is 0. The SMILES string of the molecule is N#Cc1cc(Br)cnc1Nc1ccccc1. The molecule has 16 heavy (non-hydrogen) atoms. The van der Waals surface area contributed by atoms with Crippen LogP contribution < -0.4 is 5.32 Å². The third-order valence-corrected chi connectivity index (χ3v) is 2.44. The van der Waals surface area contributed by atoms with Gasteiger partial charge in [-0.15, -0.1) is 0 Å². The molecule has 0 atom stereocenters. The Hall–Kier alpha value is -1.86. The number of anilines is 2. The first-order chi connectivity index (χ1) is 7.79. The minimum atomic E-state index is 0.512. The molecule has 0 bridgehead atoms. The highest BCUT2D eigenvalue weighted by atomic mass is 79.9. The number of nitriles is 1. The van der Waals surface area contributed by atoms with Gasteiger partial charge < -0.3 is 5.32 Å². The summed E-state index contributed by atoms with van der Waals surface area (Å²) < 4.78 is 0.794. The lowest BCUT2D eigenvalue weighted by molar-refractivity contribution is 1.27. The summed E-state index contributed by atoms with van der Waals surface area (Å²) in [4.78, 5) is 4.16. The van der Waals surface area contributed by atoms with E-state index in [1.165, 1.54) is 0 Å². The molecule has 0 aliphatic heterocycles. The zero-order chi connectivity index (χ0) is 11.4. The van der Waals surface area contributed by atoms with Crippen LogP contribution in [0.25, 0.3) is 0 Å². The Morgan fingerprint density at radius 3 is 2.69 bits per heavy atom. The molecule has 2 aromatic rings. The Kier molecular flexibility index (Phi) is 3.18. The standard InChI is InChI=1S/C12H8BrN3/c13-10-6-9(7-14)12(15-8-10)16-11-4-2-1-3-5-11/h1-6,8H,(H,15,16). The summed E-state index contributed by atoms with van der Waals surface area (Å²) >= 11 is 3.28. The number of nitrogens with zero attached hydrogens (tertiary/aromatic N) is 2. The summed E-state index contributed by atoms with van der Waals surface area (Å²) in [5.41, 5.74) is 1.42. The maximum atomic E-state index is 8.97. The average Bonchev–Trinajstić information content (AvgIpc) is 2.33. The van der Waals surface area contributed by atoms with E-state index in [1.807, 2.05) is 30.3 Å². The summed E-state index contributed by atoms with van der Waals surface area (Å²) in [5.74, 6) is 0.567. The van der Waals surface area contributed by atoms with Crippen LogP contribution in [0.2, 0.25) is 0 Å². The van der Waals surface area contributed by atoms with Gasteiger partial charge in [0.25, 0.3) is 0 Å². The second-order valence-electron chi connectivity index (χ2n) is 3.15. The Bertz CT molecular complexity index is 532. The van der Waals surface area contributed by atoms with Gasteiger partial charge in [-0.05, 0) is 34.1 Å². The van der Waals surface area contributed by atoms with Crippen LogP contribution in [0.1, 0.15) is 5.56 Å². The van der Waals surface area contributed by atoms with Gasteiger partial charge in [0.2, 0.25) is 0 Å². The van der Waals surface area contributed by atoms with E-state index < -0.39 is 0 Å². The van der Waals surface area contributed by atoms with Gasteiger partial charge in [0, 0.05) is 16.4 Å². The van der Waals surface area contributed by atoms with Gasteiger partial charge in [0.15, 0.2) is 0 Å². The highest BCUT2D eigenvalue weighted by Crippen LogP contribution is 2.20. The minimum Gasteiger partial charge on any atom is -0.339 e. The molecule has 1 N–H and O–H groups in total. The zero-order valence-electron chi connectivity index (χ0n) is 8.31. The maximum Gasteiger partial charge on any atom is 0.148 e.